The topological polar surface area (TPSA) is 21.3 Å². The maximum absolute atomic E-state index is 5.98. The number of nitrogens with one attached hydrogen (secondary N) is 1. The van der Waals surface area contributed by atoms with Gasteiger partial charge in [-0.2, -0.15) is 0 Å². The molecule has 2 aliphatic rings. The zero-order valence-corrected chi connectivity index (χ0v) is 9.61. The van der Waals surface area contributed by atoms with Crippen molar-refractivity contribution in [2.75, 3.05) is 13.2 Å². The van der Waals surface area contributed by atoms with Crippen molar-refractivity contribution in [2.24, 2.45) is 0 Å². The molecule has 1 fully saturated rings. The van der Waals surface area contributed by atoms with Gasteiger partial charge in [-0.3, -0.25) is 0 Å². The van der Waals surface area contributed by atoms with Crippen LogP contribution in [0.4, 0.5) is 0 Å². The van der Waals surface area contributed by atoms with Crippen molar-refractivity contribution < 1.29 is 4.74 Å². The minimum absolute atomic E-state index is 0.283. The Morgan fingerprint density at radius 2 is 2.12 bits per heavy atom. The lowest BCUT2D eigenvalue weighted by molar-refractivity contribution is 0.00895. The summed E-state index contributed by atoms with van der Waals surface area (Å²) in [6.07, 6.45) is 5.24. The van der Waals surface area contributed by atoms with Crippen molar-refractivity contribution in [3.63, 3.8) is 0 Å². The van der Waals surface area contributed by atoms with Crippen molar-refractivity contribution in [1.29, 1.82) is 0 Å². The molecule has 0 aliphatic carbocycles. The third-order valence-electron chi connectivity index (χ3n) is 3.74. The molecule has 2 atom stereocenters. The van der Waals surface area contributed by atoms with Gasteiger partial charge in [-0.25, -0.2) is 0 Å². The van der Waals surface area contributed by atoms with E-state index < -0.39 is 0 Å². The molecule has 0 bridgehead atoms. The van der Waals surface area contributed by atoms with Crippen LogP contribution < -0.4 is 5.32 Å². The van der Waals surface area contributed by atoms with Crippen LogP contribution in [-0.4, -0.2) is 19.2 Å². The van der Waals surface area contributed by atoms with Gasteiger partial charge in [0.25, 0.3) is 0 Å². The molecule has 2 nitrogen and oxygen atoms in total. The Hall–Kier alpha value is -0.860. The highest BCUT2D eigenvalue weighted by Crippen LogP contribution is 2.32. The van der Waals surface area contributed by atoms with Crippen LogP contribution in [0.15, 0.2) is 24.3 Å². The third kappa shape index (κ3) is 1.87. The van der Waals surface area contributed by atoms with Gasteiger partial charge in [0.2, 0.25) is 0 Å². The monoisotopic (exact) mass is 217 g/mol. The molecule has 1 aromatic carbocycles. The Balaban J connectivity index is 1.86. The van der Waals surface area contributed by atoms with Crippen molar-refractivity contribution >= 4 is 0 Å². The number of ether oxygens (including phenoxy) is 1. The van der Waals surface area contributed by atoms with Crippen LogP contribution in [0.25, 0.3) is 0 Å². The second-order valence-electron chi connectivity index (χ2n) is 4.80. The fourth-order valence-corrected chi connectivity index (χ4v) is 2.90. The second kappa shape index (κ2) is 4.56. The largest absolute Gasteiger partial charge is 0.372 e. The van der Waals surface area contributed by atoms with Crippen LogP contribution in [-0.2, 0) is 11.2 Å². The first kappa shape index (κ1) is 10.3. The SMILES string of the molecule is c1ccc2c(c1)CCO[C@@H]2C1CCCCN1. The number of fused-ring (bicyclic) bond motifs is 1. The minimum Gasteiger partial charge on any atom is -0.372 e. The molecule has 1 aromatic rings. The van der Waals surface area contributed by atoms with Gasteiger partial charge in [0.05, 0.1) is 12.7 Å². The van der Waals surface area contributed by atoms with E-state index in [0.29, 0.717) is 6.04 Å². The van der Waals surface area contributed by atoms with Crippen molar-refractivity contribution in [1.82, 2.24) is 5.32 Å². The molecular formula is C14H19NO. The summed E-state index contributed by atoms with van der Waals surface area (Å²) in [6, 6.07) is 9.26. The summed E-state index contributed by atoms with van der Waals surface area (Å²) in [6.45, 7) is 2.02. The predicted molar refractivity (Wildman–Crippen MR) is 64.5 cm³/mol. The predicted octanol–water partition coefficient (Wildman–Crippen LogP) is 2.44. The Labute approximate surface area is 97.0 Å². The van der Waals surface area contributed by atoms with Crippen LogP contribution in [0, 0.1) is 0 Å². The van der Waals surface area contributed by atoms with Gasteiger partial charge in [-0.1, -0.05) is 30.7 Å². The van der Waals surface area contributed by atoms with Gasteiger partial charge in [-0.05, 0) is 36.9 Å². The summed E-state index contributed by atoms with van der Waals surface area (Å²) in [7, 11) is 0. The summed E-state index contributed by atoms with van der Waals surface area (Å²) in [5, 5.41) is 3.60. The van der Waals surface area contributed by atoms with E-state index in [1.165, 1.54) is 30.4 Å². The molecule has 1 unspecified atom stereocenters. The lowest BCUT2D eigenvalue weighted by Crippen LogP contribution is -2.41. The van der Waals surface area contributed by atoms with E-state index in [9.17, 15) is 0 Å². The van der Waals surface area contributed by atoms with Gasteiger partial charge in [0.15, 0.2) is 0 Å². The van der Waals surface area contributed by atoms with E-state index in [0.717, 1.165) is 19.6 Å². The molecule has 0 spiro atoms. The summed E-state index contributed by atoms with van der Waals surface area (Å²) in [4.78, 5) is 0. The molecule has 2 heterocycles. The lowest BCUT2D eigenvalue weighted by atomic mass is 9.89. The molecule has 3 rings (SSSR count). The van der Waals surface area contributed by atoms with Crippen LogP contribution in [0.5, 0.6) is 0 Å². The van der Waals surface area contributed by atoms with E-state index in [1.807, 2.05) is 0 Å². The van der Waals surface area contributed by atoms with E-state index >= 15 is 0 Å². The van der Waals surface area contributed by atoms with Gasteiger partial charge < -0.3 is 10.1 Å². The van der Waals surface area contributed by atoms with Gasteiger partial charge in [0, 0.05) is 6.04 Å². The molecule has 86 valence electrons. The summed E-state index contributed by atoms with van der Waals surface area (Å²) in [5.74, 6) is 0. The smallest absolute Gasteiger partial charge is 0.0980 e. The molecule has 0 saturated carbocycles. The van der Waals surface area contributed by atoms with Gasteiger partial charge in [-0.15, -0.1) is 0 Å². The standard InChI is InChI=1S/C14H19NO/c1-2-6-12-11(5-1)8-10-16-14(12)13-7-3-4-9-15-13/h1-2,5-6,13-15H,3-4,7-10H2/t13?,14-/m0/s1. The number of hydrogen-bond donors (Lipinski definition) is 1. The first-order chi connectivity index (χ1) is 7.95. The Kier molecular flexibility index (Phi) is 2.94. The zero-order chi connectivity index (χ0) is 10.8. The average molecular weight is 217 g/mol. The molecule has 16 heavy (non-hydrogen) atoms. The lowest BCUT2D eigenvalue weighted by Gasteiger charge is -2.35. The van der Waals surface area contributed by atoms with Gasteiger partial charge >= 0.3 is 0 Å². The van der Waals surface area contributed by atoms with Crippen molar-refractivity contribution in [3.05, 3.63) is 35.4 Å². The van der Waals surface area contributed by atoms with Crippen LogP contribution in [0.3, 0.4) is 0 Å². The fraction of sp³-hybridized carbons (Fsp3) is 0.571. The molecule has 0 amide bonds. The van der Waals surface area contributed by atoms with E-state index in [2.05, 4.69) is 29.6 Å². The molecule has 2 aliphatic heterocycles. The molecule has 1 N–H and O–H groups in total. The first-order valence-corrected chi connectivity index (χ1v) is 6.38. The van der Waals surface area contributed by atoms with Crippen LogP contribution in [0.2, 0.25) is 0 Å². The fourth-order valence-electron chi connectivity index (χ4n) is 2.90. The highest BCUT2D eigenvalue weighted by Gasteiger charge is 2.29. The molecule has 2 heteroatoms. The minimum atomic E-state index is 0.283. The highest BCUT2D eigenvalue weighted by molar-refractivity contribution is 5.32. The maximum Gasteiger partial charge on any atom is 0.0980 e. The molecule has 1 saturated heterocycles. The first-order valence-electron chi connectivity index (χ1n) is 6.38. The number of hydrogen-bond acceptors (Lipinski definition) is 2. The summed E-state index contributed by atoms with van der Waals surface area (Å²) < 4.78 is 5.98. The quantitative estimate of drug-likeness (QED) is 0.780. The zero-order valence-electron chi connectivity index (χ0n) is 9.61. The normalized spacial score (nSPS) is 29.8. The van der Waals surface area contributed by atoms with Gasteiger partial charge in [0.1, 0.15) is 0 Å². The Bertz CT molecular complexity index is 358. The Morgan fingerprint density at radius 3 is 3.00 bits per heavy atom. The van der Waals surface area contributed by atoms with Crippen LogP contribution in [0.1, 0.15) is 36.5 Å². The van der Waals surface area contributed by atoms with E-state index in [4.69, 9.17) is 4.74 Å². The maximum atomic E-state index is 5.98. The second-order valence-corrected chi connectivity index (χ2v) is 4.80. The van der Waals surface area contributed by atoms with E-state index in [-0.39, 0.29) is 6.10 Å². The number of rotatable bonds is 1. The van der Waals surface area contributed by atoms with Crippen molar-refractivity contribution in [2.45, 2.75) is 37.8 Å². The summed E-state index contributed by atoms with van der Waals surface area (Å²) >= 11 is 0. The molecule has 0 radical (unpaired) electrons. The van der Waals surface area contributed by atoms with E-state index in [1.54, 1.807) is 0 Å². The molecule has 0 aromatic heterocycles. The third-order valence-corrected chi connectivity index (χ3v) is 3.74. The summed E-state index contributed by atoms with van der Waals surface area (Å²) in [5.41, 5.74) is 2.89. The number of benzene rings is 1. The van der Waals surface area contributed by atoms with Crippen molar-refractivity contribution in [3.8, 4) is 0 Å². The van der Waals surface area contributed by atoms with Crippen LogP contribution >= 0.6 is 0 Å². The Morgan fingerprint density at radius 1 is 1.19 bits per heavy atom. The molecular weight excluding hydrogens is 198 g/mol. The average Bonchev–Trinajstić information content (AvgIpc) is 2.39. The number of piperidine rings is 1. The highest BCUT2D eigenvalue weighted by atomic mass is 16.5.